The van der Waals surface area contributed by atoms with Crippen LogP contribution in [0.4, 0.5) is 0 Å². The van der Waals surface area contributed by atoms with Gasteiger partial charge in [0.15, 0.2) is 0 Å². The number of hydrogen-bond acceptors (Lipinski definition) is 3. The van der Waals surface area contributed by atoms with E-state index in [-0.39, 0.29) is 18.2 Å². The average Bonchev–Trinajstić information content (AvgIpc) is 2.94. The minimum absolute atomic E-state index is 0.151. The summed E-state index contributed by atoms with van der Waals surface area (Å²) in [6.45, 7) is 4.34. The summed E-state index contributed by atoms with van der Waals surface area (Å²) in [5, 5.41) is 12.9. The van der Waals surface area contributed by atoms with Crippen molar-refractivity contribution in [3.05, 3.63) is 24.2 Å². The molecular formula is C12H19NO2. The molecule has 2 atom stereocenters. The van der Waals surface area contributed by atoms with E-state index < -0.39 is 0 Å². The van der Waals surface area contributed by atoms with Crippen LogP contribution in [0.1, 0.15) is 38.5 Å². The first kappa shape index (κ1) is 10.7. The zero-order chi connectivity index (χ0) is 10.9. The molecule has 1 aliphatic carbocycles. The lowest BCUT2D eigenvalue weighted by molar-refractivity contribution is 0.140. The van der Waals surface area contributed by atoms with Gasteiger partial charge in [0.2, 0.25) is 0 Å². The Balaban J connectivity index is 2.00. The van der Waals surface area contributed by atoms with E-state index in [9.17, 15) is 5.11 Å². The molecule has 1 aromatic rings. The normalized spacial score (nSPS) is 22.3. The summed E-state index contributed by atoms with van der Waals surface area (Å²) in [6.07, 6.45) is 4.12. The third-order valence-electron chi connectivity index (χ3n) is 3.32. The van der Waals surface area contributed by atoms with Crippen LogP contribution in [0.5, 0.6) is 0 Å². The van der Waals surface area contributed by atoms with Gasteiger partial charge in [0, 0.05) is 5.54 Å². The third kappa shape index (κ3) is 2.24. The maximum absolute atomic E-state index is 9.45. The maximum atomic E-state index is 9.45. The second kappa shape index (κ2) is 3.99. The van der Waals surface area contributed by atoms with Crippen LogP contribution in [-0.2, 0) is 0 Å². The zero-order valence-electron chi connectivity index (χ0n) is 9.36. The third-order valence-corrected chi connectivity index (χ3v) is 3.32. The van der Waals surface area contributed by atoms with Gasteiger partial charge in [0.05, 0.1) is 18.9 Å². The van der Waals surface area contributed by atoms with Crippen molar-refractivity contribution in [3.8, 4) is 0 Å². The molecule has 1 heterocycles. The molecule has 0 radical (unpaired) electrons. The molecule has 0 aliphatic heterocycles. The Morgan fingerprint density at radius 3 is 2.87 bits per heavy atom. The zero-order valence-corrected chi connectivity index (χ0v) is 9.36. The van der Waals surface area contributed by atoms with Gasteiger partial charge >= 0.3 is 0 Å². The predicted octanol–water partition coefficient (Wildman–Crippen LogP) is 2.09. The van der Waals surface area contributed by atoms with E-state index >= 15 is 0 Å². The highest BCUT2D eigenvalue weighted by molar-refractivity contribution is 5.07. The van der Waals surface area contributed by atoms with Gasteiger partial charge in [-0.1, -0.05) is 0 Å². The molecule has 84 valence electrons. The maximum Gasteiger partial charge on any atom is 0.120 e. The highest BCUT2D eigenvalue weighted by atomic mass is 16.3. The SMILES string of the molecule is CC(NC(C)(CO)C1CC1)c1ccco1. The summed E-state index contributed by atoms with van der Waals surface area (Å²) in [6, 6.07) is 4.00. The topological polar surface area (TPSA) is 45.4 Å². The largest absolute Gasteiger partial charge is 0.468 e. The number of hydrogen-bond donors (Lipinski definition) is 2. The van der Waals surface area contributed by atoms with Crippen LogP contribution in [0.3, 0.4) is 0 Å². The van der Waals surface area contributed by atoms with Crippen LogP contribution in [0.2, 0.25) is 0 Å². The first-order valence-electron chi connectivity index (χ1n) is 5.57. The van der Waals surface area contributed by atoms with Crippen molar-refractivity contribution in [2.24, 2.45) is 5.92 Å². The van der Waals surface area contributed by atoms with Gasteiger partial charge in [-0.15, -0.1) is 0 Å². The van der Waals surface area contributed by atoms with Crippen LogP contribution in [0, 0.1) is 5.92 Å². The quantitative estimate of drug-likeness (QED) is 0.780. The summed E-state index contributed by atoms with van der Waals surface area (Å²) >= 11 is 0. The number of rotatable bonds is 5. The molecule has 0 spiro atoms. The number of nitrogens with one attached hydrogen (secondary N) is 1. The second-order valence-corrected chi connectivity index (χ2v) is 4.73. The summed E-state index contributed by atoms with van der Waals surface area (Å²) < 4.78 is 5.34. The smallest absolute Gasteiger partial charge is 0.120 e. The first-order valence-corrected chi connectivity index (χ1v) is 5.57. The Hall–Kier alpha value is -0.800. The lowest BCUT2D eigenvalue weighted by Gasteiger charge is -2.31. The van der Waals surface area contributed by atoms with Gasteiger partial charge < -0.3 is 9.52 Å². The van der Waals surface area contributed by atoms with Gasteiger partial charge in [-0.2, -0.15) is 0 Å². The van der Waals surface area contributed by atoms with Crippen LogP contribution < -0.4 is 5.32 Å². The summed E-state index contributed by atoms with van der Waals surface area (Å²) in [5.41, 5.74) is -0.161. The Morgan fingerprint density at radius 2 is 2.40 bits per heavy atom. The van der Waals surface area contributed by atoms with Crippen molar-refractivity contribution < 1.29 is 9.52 Å². The van der Waals surface area contributed by atoms with Crippen molar-refractivity contribution >= 4 is 0 Å². The van der Waals surface area contributed by atoms with Crippen molar-refractivity contribution in [2.75, 3.05) is 6.61 Å². The Morgan fingerprint density at radius 1 is 1.67 bits per heavy atom. The number of aliphatic hydroxyl groups is 1. The van der Waals surface area contributed by atoms with E-state index in [1.807, 2.05) is 12.1 Å². The lowest BCUT2D eigenvalue weighted by Crippen LogP contribution is -2.48. The van der Waals surface area contributed by atoms with Crippen molar-refractivity contribution in [1.82, 2.24) is 5.32 Å². The summed E-state index contributed by atoms with van der Waals surface area (Å²) in [7, 11) is 0. The molecule has 15 heavy (non-hydrogen) atoms. The first-order chi connectivity index (χ1) is 7.15. The van der Waals surface area contributed by atoms with Crippen molar-refractivity contribution in [2.45, 2.75) is 38.3 Å². The molecule has 0 saturated heterocycles. The molecular weight excluding hydrogens is 190 g/mol. The van der Waals surface area contributed by atoms with Gasteiger partial charge in [0.25, 0.3) is 0 Å². The lowest BCUT2D eigenvalue weighted by atomic mass is 9.95. The Bertz CT molecular complexity index is 305. The molecule has 0 amide bonds. The standard InChI is InChI=1S/C12H19NO2/c1-9(11-4-3-7-15-11)13-12(2,8-14)10-5-6-10/h3-4,7,9-10,13-14H,5-6,8H2,1-2H3. The highest BCUT2D eigenvalue weighted by Crippen LogP contribution is 2.40. The molecule has 3 nitrogen and oxygen atoms in total. The molecule has 1 aromatic heterocycles. The van der Waals surface area contributed by atoms with E-state index in [1.165, 1.54) is 12.8 Å². The van der Waals surface area contributed by atoms with Crippen LogP contribution >= 0.6 is 0 Å². The molecule has 1 saturated carbocycles. The molecule has 2 rings (SSSR count). The van der Waals surface area contributed by atoms with Crippen LogP contribution in [0.25, 0.3) is 0 Å². The van der Waals surface area contributed by atoms with E-state index in [2.05, 4.69) is 19.2 Å². The summed E-state index contributed by atoms with van der Waals surface area (Å²) in [5.74, 6) is 1.54. The van der Waals surface area contributed by atoms with Gasteiger partial charge in [0.1, 0.15) is 5.76 Å². The number of furan rings is 1. The predicted molar refractivity (Wildman–Crippen MR) is 58.5 cm³/mol. The van der Waals surface area contributed by atoms with E-state index in [4.69, 9.17) is 4.42 Å². The average molecular weight is 209 g/mol. The van der Waals surface area contributed by atoms with E-state index in [0.717, 1.165) is 5.76 Å². The van der Waals surface area contributed by atoms with Crippen molar-refractivity contribution in [3.63, 3.8) is 0 Å². The minimum Gasteiger partial charge on any atom is -0.468 e. The van der Waals surface area contributed by atoms with Gasteiger partial charge in [-0.3, -0.25) is 5.32 Å². The fourth-order valence-electron chi connectivity index (χ4n) is 2.12. The van der Waals surface area contributed by atoms with Crippen LogP contribution in [-0.4, -0.2) is 17.3 Å². The molecule has 1 aliphatic rings. The molecule has 2 N–H and O–H groups in total. The Labute approximate surface area is 90.5 Å². The number of aliphatic hydroxyl groups excluding tert-OH is 1. The fourth-order valence-corrected chi connectivity index (χ4v) is 2.12. The van der Waals surface area contributed by atoms with Gasteiger partial charge in [-0.05, 0) is 44.7 Å². The molecule has 2 unspecified atom stereocenters. The van der Waals surface area contributed by atoms with E-state index in [0.29, 0.717) is 5.92 Å². The molecule has 0 aromatic carbocycles. The van der Waals surface area contributed by atoms with Gasteiger partial charge in [-0.25, -0.2) is 0 Å². The fraction of sp³-hybridized carbons (Fsp3) is 0.667. The minimum atomic E-state index is -0.161. The van der Waals surface area contributed by atoms with Crippen molar-refractivity contribution in [1.29, 1.82) is 0 Å². The molecule has 0 bridgehead atoms. The second-order valence-electron chi connectivity index (χ2n) is 4.73. The molecule has 3 heteroatoms. The monoisotopic (exact) mass is 209 g/mol. The van der Waals surface area contributed by atoms with Crippen LogP contribution in [0.15, 0.2) is 22.8 Å². The van der Waals surface area contributed by atoms with E-state index in [1.54, 1.807) is 6.26 Å². The Kier molecular flexibility index (Phi) is 2.85. The highest BCUT2D eigenvalue weighted by Gasteiger charge is 2.41. The summed E-state index contributed by atoms with van der Waals surface area (Å²) in [4.78, 5) is 0. The molecule has 1 fully saturated rings.